The lowest BCUT2D eigenvalue weighted by molar-refractivity contribution is 0.238. The number of nitrogen functional groups attached to an aromatic ring is 1. The highest BCUT2D eigenvalue weighted by Gasteiger charge is 2.19. The third-order valence-electron chi connectivity index (χ3n) is 5.26. The molecule has 2 N–H and O–H groups in total. The second-order valence-corrected chi connectivity index (χ2v) is 7.99. The summed E-state index contributed by atoms with van der Waals surface area (Å²) in [7, 11) is 3.15. The van der Waals surface area contributed by atoms with E-state index in [4.69, 9.17) is 43.1 Å². The van der Waals surface area contributed by atoms with Crippen molar-refractivity contribution < 1.29 is 14.2 Å². The number of halogens is 2. The number of unbranched alkanes of at least 4 members (excludes halogenated alkanes) is 1. The van der Waals surface area contributed by atoms with Crippen LogP contribution in [0.2, 0.25) is 10.0 Å². The minimum Gasteiger partial charge on any atom is -0.493 e. The largest absolute Gasteiger partial charge is 0.493 e. The summed E-state index contributed by atoms with van der Waals surface area (Å²) in [6.07, 6.45) is 2.04. The number of methoxy groups -OCH3 is 2. The first-order valence-electron chi connectivity index (χ1n) is 10.1. The van der Waals surface area contributed by atoms with Crippen molar-refractivity contribution in [3.8, 4) is 17.2 Å². The van der Waals surface area contributed by atoms with E-state index in [2.05, 4.69) is 9.80 Å². The Morgan fingerprint density at radius 3 is 2.47 bits per heavy atom. The number of anilines is 2. The van der Waals surface area contributed by atoms with Crippen molar-refractivity contribution in [2.45, 2.75) is 12.8 Å². The van der Waals surface area contributed by atoms with Gasteiger partial charge < -0.3 is 24.8 Å². The Morgan fingerprint density at radius 1 is 1.00 bits per heavy atom. The van der Waals surface area contributed by atoms with Gasteiger partial charge in [0, 0.05) is 38.3 Å². The molecular formula is C22H29Cl2N3O3. The minimum atomic E-state index is 0.504. The van der Waals surface area contributed by atoms with Crippen LogP contribution in [0.4, 0.5) is 11.4 Å². The third kappa shape index (κ3) is 5.56. The fourth-order valence-corrected chi connectivity index (χ4v) is 4.04. The van der Waals surface area contributed by atoms with E-state index in [1.54, 1.807) is 26.4 Å². The SMILES string of the molecule is COc1cc(OCCCCN2CCN(c3cccc(Cl)c3Cl)CC2)cc(N)c1OC. The normalized spacial score (nSPS) is 14.6. The Kier molecular flexibility index (Phi) is 8.19. The van der Waals surface area contributed by atoms with E-state index >= 15 is 0 Å². The number of nitrogens with zero attached hydrogens (tertiary/aromatic N) is 2. The molecule has 2 aromatic rings. The molecule has 164 valence electrons. The fourth-order valence-electron chi connectivity index (χ4n) is 3.63. The Labute approximate surface area is 188 Å². The molecule has 2 aromatic carbocycles. The quantitative estimate of drug-likeness (QED) is 0.443. The van der Waals surface area contributed by atoms with E-state index < -0.39 is 0 Å². The summed E-state index contributed by atoms with van der Waals surface area (Å²) in [5.74, 6) is 1.80. The molecule has 0 unspecified atom stereocenters. The highest BCUT2D eigenvalue weighted by molar-refractivity contribution is 6.43. The second kappa shape index (κ2) is 10.8. The molecule has 3 rings (SSSR count). The lowest BCUT2D eigenvalue weighted by atomic mass is 10.2. The Hall–Kier alpha value is -2.02. The number of hydrogen-bond donors (Lipinski definition) is 1. The molecule has 1 fully saturated rings. The molecule has 0 amide bonds. The van der Waals surface area contributed by atoms with Gasteiger partial charge in [0.25, 0.3) is 0 Å². The van der Waals surface area contributed by atoms with E-state index in [1.165, 1.54) is 0 Å². The van der Waals surface area contributed by atoms with E-state index in [0.717, 1.165) is 51.3 Å². The Balaban J connectivity index is 1.38. The minimum absolute atomic E-state index is 0.504. The molecule has 1 saturated heterocycles. The van der Waals surface area contributed by atoms with Gasteiger partial charge in [-0.3, -0.25) is 4.90 Å². The fraction of sp³-hybridized carbons (Fsp3) is 0.455. The van der Waals surface area contributed by atoms with Crippen LogP contribution in [0.1, 0.15) is 12.8 Å². The molecule has 30 heavy (non-hydrogen) atoms. The van der Waals surface area contributed by atoms with Crippen LogP contribution in [0, 0.1) is 0 Å². The van der Waals surface area contributed by atoms with E-state index in [-0.39, 0.29) is 0 Å². The summed E-state index contributed by atoms with van der Waals surface area (Å²) in [6, 6.07) is 9.36. The van der Waals surface area contributed by atoms with Crippen molar-refractivity contribution in [3.63, 3.8) is 0 Å². The Bertz CT molecular complexity index is 843. The predicted octanol–water partition coefficient (Wildman–Crippen LogP) is 4.57. The first kappa shape index (κ1) is 22.7. The third-order valence-corrected chi connectivity index (χ3v) is 6.07. The maximum atomic E-state index is 6.35. The first-order chi connectivity index (χ1) is 14.5. The van der Waals surface area contributed by atoms with Gasteiger partial charge in [-0.2, -0.15) is 0 Å². The number of ether oxygens (including phenoxy) is 3. The average Bonchev–Trinajstić information content (AvgIpc) is 2.75. The molecule has 0 aromatic heterocycles. The van der Waals surface area contributed by atoms with Crippen LogP contribution in [0.15, 0.2) is 30.3 Å². The highest BCUT2D eigenvalue weighted by Crippen LogP contribution is 2.37. The second-order valence-electron chi connectivity index (χ2n) is 7.21. The topological polar surface area (TPSA) is 60.2 Å². The van der Waals surface area contributed by atoms with Gasteiger partial charge in [-0.1, -0.05) is 29.3 Å². The molecule has 0 saturated carbocycles. The number of rotatable bonds is 9. The van der Waals surface area contributed by atoms with Gasteiger partial charge in [-0.05, 0) is 31.5 Å². The van der Waals surface area contributed by atoms with Crippen LogP contribution < -0.4 is 24.8 Å². The van der Waals surface area contributed by atoms with Crippen molar-refractivity contribution in [1.82, 2.24) is 4.90 Å². The van der Waals surface area contributed by atoms with E-state index in [1.807, 2.05) is 18.2 Å². The van der Waals surface area contributed by atoms with Crippen molar-refractivity contribution in [2.75, 3.05) is 64.2 Å². The van der Waals surface area contributed by atoms with Crippen LogP contribution >= 0.6 is 23.2 Å². The average molecular weight is 454 g/mol. The zero-order valence-corrected chi connectivity index (χ0v) is 19.0. The van der Waals surface area contributed by atoms with Gasteiger partial charge in [-0.25, -0.2) is 0 Å². The maximum absolute atomic E-state index is 6.35. The van der Waals surface area contributed by atoms with Gasteiger partial charge in [0.15, 0.2) is 11.5 Å². The predicted molar refractivity (Wildman–Crippen MR) is 124 cm³/mol. The van der Waals surface area contributed by atoms with Crippen LogP contribution in [0.25, 0.3) is 0 Å². The molecule has 1 aliphatic heterocycles. The lowest BCUT2D eigenvalue weighted by Crippen LogP contribution is -2.46. The van der Waals surface area contributed by atoms with E-state index in [0.29, 0.717) is 39.6 Å². The summed E-state index contributed by atoms with van der Waals surface area (Å²) >= 11 is 12.5. The molecule has 6 nitrogen and oxygen atoms in total. The summed E-state index contributed by atoms with van der Waals surface area (Å²) in [5, 5.41) is 1.24. The number of hydrogen-bond acceptors (Lipinski definition) is 6. The summed E-state index contributed by atoms with van der Waals surface area (Å²) < 4.78 is 16.4. The van der Waals surface area contributed by atoms with Crippen molar-refractivity contribution in [3.05, 3.63) is 40.4 Å². The summed E-state index contributed by atoms with van der Waals surface area (Å²) in [6.45, 7) is 5.59. The molecule has 0 radical (unpaired) electrons. The van der Waals surface area contributed by atoms with Gasteiger partial charge in [0.1, 0.15) is 5.75 Å². The number of piperazine rings is 1. The Morgan fingerprint density at radius 2 is 1.77 bits per heavy atom. The molecule has 0 bridgehead atoms. The molecule has 0 atom stereocenters. The summed E-state index contributed by atoms with van der Waals surface area (Å²) in [5.41, 5.74) is 7.52. The summed E-state index contributed by atoms with van der Waals surface area (Å²) in [4.78, 5) is 4.78. The van der Waals surface area contributed by atoms with Crippen molar-refractivity contribution in [2.24, 2.45) is 0 Å². The number of benzene rings is 2. The monoisotopic (exact) mass is 453 g/mol. The maximum Gasteiger partial charge on any atom is 0.184 e. The van der Waals surface area contributed by atoms with E-state index in [9.17, 15) is 0 Å². The zero-order chi connectivity index (χ0) is 21.5. The van der Waals surface area contributed by atoms with Crippen LogP contribution in [0.3, 0.4) is 0 Å². The smallest absolute Gasteiger partial charge is 0.184 e. The van der Waals surface area contributed by atoms with Gasteiger partial charge in [-0.15, -0.1) is 0 Å². The standard InChI is InChI=1S/C22H29Cl2N3O3/c1-28-20-15-16(14-18(25)22(20)29-2)30-13-4-3-8-26-9-11-27(12-10-26)19-7-5-6-17(23)21(19)24/h5-7,14-15H,3-4,8-13,25H2,1-2H3. The van der Waals surface area contributed by atoms with Crippen LogP contribution in [-0.2, 0) is 0 Å². The van der Waals surface area contributed by atoms with Crippen LogP contribution in [-0.4, -0.2) is 58.5 Å². The highest BCUT2D eigenvalue weighted by atomic mass is 35.5. The number of nitrogens with two attached hydrogens (primary N) is 1. The van der Waals surface area contributed by atoms with Crippen molar-refractivity contribution >= 4 is 34.6 Å². The van der Waals surface area contributed by atoms with Gasteiger partial charge in [0.2, 0.25) is 0 Å². The molecule has 8 heteroatoms. The first-order valence-corrected chi connectivity index (χ1v) is 10.8. The lowest BCUT2D eigenvalue weighted by Gasteiger charge is -2.36. The molecular weight excluding hydrogens is 425 g/mol. The molecule has 0 aliphatic carbocycles. The van der Waals surface area contributed by atoms with Gasteiger partial charge >= 0.3 is 0 Å². The van der Waals surface area contributed by atoms with Gasteiger partial charge in [0.05, 0.1) is 42.2 Å². The molecule has 0 spiro atoms. The molecule has 1 heterocycles. The van der Waals surface area contributed by atoms with Crippen molar-refractivity contribution in [1.29, 1.82) is 0 Å². The molecule has 1 aliphatic rings. The van der Waals surface area contributed by atoms with Crippen LogP contribution in [0.5, 0.6) is 17.2 Å². The zero-order valence-electron chi connectivity index (χ0n) is 17.5.